The summed E-state index contributed by atoms with van der Waals surface area (Å²) in [5, 5.41) is 4.40. The molecule has 1 unspecified atom stereocenters. The number of hydrogen-bond acceptors (Lipinski definition) is 2. The van der Waals surface area contributed by atoms with E-state index in [-0.39, 0.29) is 6.04 Å². The maximum Gasteiger partial charge on any atom is 0.0624 e. The summed E-state index contributed by atoms with van der Waals surface area (Å²) in [5.41, 5.74) is 8.42. The number of aryl methyl sites for hydroxylation is 2. The molecule has 14 heavy (non-hydrogen) atoms. The average Bonchev–Trinajstić information content (AvgIpc) is 2.47. The number of nitrogens with zero attached hydrogens (tertiary/aromatic N) is 2. The summed E-state index contributed by atoms with van der Waals surface area (Å²) in [7, 11) is 1.99. The van der Waals surface area contributed by atoms with Gasteiger partial charge in [0.05, 0.1) is 5.69 Å². The molecule has 3 heteroatoms. The second kappa shape index (κ2) is 4.60. The lowest BCUT2D eigenvalue weighted by molar-refractivity contribution is 0.477. The smallest absolute Gasteiger partial charge is 0.0624 e. The number of rotatable bonds is 4. The highest BCUT2D eigenvalue weighted by molar-refractivity contribution is 5.11. The highest BCUT2D eigenvalue weighted by Gasteiger charge is 2.11. The lowest BCUT2D eigenvalue weighted by atomic mass is 10.0. The van der Waals surface area contributed by atoms with Crippen LogP contribution < -0.4 is 5.73 Å². The van der Waals surface area contributed by atoms with Gasteiger partial charge in [-0.2, -0.15) is 5.10 Å². The molecule has 80 valence electrons. The van der Waals surface area contributed by atoms with Crippen molar-refractivity contribution in [2.75, 3.05) is 0 Å². The van der Waals surface area contributed by atoms with Crippen molar-refractivity contribution < 1.29 is 0 Å². The Bertz CT molecular complexity index is 289. The highest BCUT2D eigenvalue weighted by Crippen LogP contribution is 2.09. The molecule has 0 aliphatic carbocycles. The first-order valence-electron chi connectivity index (χ1n) is 5.32. The first kappa shape index (κ1) is 11.2. The summed E-state index contributed by atoms with van der Waals surface area (Å²) in [5.74, 6) is 0.523. The van der Waals surface area contributed by atoms with Gasteiger partial charge in [0, 0.05) is 25.2 Å². The van der Waals surface area contributed by atoms with Crippen LogP contribution in [0.25, 0.3) is 0 Å². The average molecular weight is 195 g/mol. The molecule has 0 bridgehead atoms. The molecule has 0 radical (unpaired) electrons. The molecule has 0 saturated heterocycles. The van der Waals surface area contributed by atoms with E-state index < -0.39 is 0 Å². The topological polar surface area (TPSA) is 43.8 Å². The molecular weight excluding hydrogens is 174 g/mol. The first-order chi connectivity index (χ1) is 6.54. The predicted molar refractivity (Wildman–Crippen MR) is 59.1 cm³/mol. The largest absolute Gasteiger partial charge is 0.327 e. The standard InChI is InChI=1S/C11H21N3/c1-5-9-6-10(14(4)13-9)7-11(12)8(2)3/h6,8,11H,5,7,12H2,1-4H3. The van der Waals surface area contributed by atoms with Crippen molar-refractivity contribution >= 4 is 0 Å². The molecule has 1 aromatic heterocycles. The summed E-state index contributed by atoms with van der Waals surface area (Å²) in [6, 6.07) is 2.39. The lowest BCUT2D eigenvalue weighted by Gasteiger charge is -2.14. The third-order valence-electron chi connectivity index (χ3n) is 2.69. The highest BCUT2D eigenvalue weighted by atomic mass is 15.3. The Kier molecular flexibility index (Phi) is 3.69. The van der Waals surface area contributed by atoms with Crippen molar-refractivity contribution in [3.63, 3.8) is 0 Å². The van der Waals surface area contributed by atoms with E-state index in [4.69, 9.17) is 5.73 Å². The zero-order valence-corrected chi connectivity index (χ0v) is 9.62. The van der Waals surface area contributed by atoms with Gasteiger partial charge in [-0.05, 0) is 18.4 Å². The van der Waals surface area contributed by atoms with E-state index in [0.717, 1.165) is 18.5 Å². The van der Waals surface area contributed by atoms with Gasteiger partial charge >= 0.3 is 0 Å². The third kappa shape index (κ3) is 2.58. The second-order valence-corrected chi connectivity index (χ2v) is 4.22. The fourth-order valence-corrected chi connectivity index (χ4v) is 1.41. The third-order valence-corrected chi connectivity index (χ3v) is 2.69. The van der Waals surface area contributed by atoms with Crippen molar-refractivity contribution in [2.45, 2.75) is 39.7 Å². The molecule has 1 rings (SSSR count). The normalized spacial score (nSPS) is 13.6. The Morgan fingerprint density at radius 2 is 2.14 bits per heavy atom. The maximum absolute atomic E-state index is 6.03. The van der Waals surface area contributed by atoms with Crippen LogP contribution in [-0.2, 0) is 19.9 Å². The molecule has 0 saturated carbocycles. The van der Waals surface area contributed by atoms with Crippen LogP contribution in [0.1, 0.15) is 32.2 Å². The van der Waals surface area contributed by atoms with Crippen LogP contribution in [0.5, 0.6) is 0 Å². The molecule has 0 aliphatic heterocycles. The first-order valence-corrected chi connectivity index (χ1v) is 5.32. The Labute approximate surface area is 86.3 Å². The summed E-state index contributed by atoms with van der Waals surface area (Å²) < 4.78 is 1.95. The molecule has 0 fully saturated rings. The summed E-state index contributed by atoms with van der Waals surface area (Å²) in [4.78, 5) is 0. The van der Waals surface area contributed by atoms with Gasteiger partial charge in [0.1, 0.15) is 0 Å². The Balaban J connectivity index is 2.71. The van der Waals surface area contributed by atoms with E-state index in [9.17, 15) is 0 Å². The molecule has 0 aromatic carbocycles. The molecule has 3 nitrogen and oxygen atoms in total. The van der Waals surface area contributed by atoms with Gasteiger partial charge in [-0.3, -0.25) is 4.68 Å². The molecule has 2 N–H and O–H groups in total. The van der Waals surface area contributed by atoms with Crippen molar-refractivity contribution in [3.8, 4) is 0 Å². The van der Waals surface area contributed by atoms with Crippen LogP contribution in [0.4, 0.5) is 0 Å². The van der Waals surface area contributed by atoms with Crippen molar-refractivity contribution in [2.24, 2.45) is 18.7 Å². The van der Waals surface area contributed by atoms with Gasteiger partial charge in [-0.1, -0.05) is 20.8 Å². The van der Waals surface area contributed by atoms with E-state index >= 15 is 0 Å². The number of hydrogen-bond donors (Lipinski definition) is 1. The van der Waals surface area contributed by atoms with Gasteiger partial charge in [0.15, 0.2) is 0 Å². The molecule has 1 atom stereocenters. The maximum atomic E-state index is 6.03. The van der Waals surface area contributed by atoms with E-state index in [1.165, 1.54) is 5.69 Å². The van der Waals surface area contributed by atoms with Crippen molar-refractivity contribution in [1.82, 2.24) is 9.78 Å². The Hall–Kier alpha value is -0.830. The number of nitrogens with two attached hydrogens (primary N) is 1. The lowest BCUT2D eigenvalue weighted by Crippen LogP contribution is -2.29. The molecule has 1 aromatic rings. The van der Waals surface area contributed by atoms with E-state index in [1.54, 1.807) is 0 Å². The molecular formula is C11H21N3. The fraction of sp³-hybridized carbons (Fsp3) is 0.727. The Morgan fingerprint density at radius 3 is 2.57 bits per heavy atom. The van der Waals surface area contributed by atoms with E-state index in [2.05, 4.69) is 31.9 Å². The summed E-state index contributed by atoms with van der Waals surface area (Å²) in [6.45, 7) is 6.43. The molecule has 0 aliphatic rings. The van der Waals surface area contributed by atoms with Crippen molar-refractivity contribution in [3.05, 3.63) is 17.5 Å². The van der Waals surface area contributed by atoms with Crippen LogP contribution in [-0.4, -0.2) is 15.8 Å². The predicted octanol–water partition coefficient (Wildman–Crippen LogP) is 1.51. The summed E-state index contributed by atoms with van der Waals surface area (Å²) >= 11 is 0. The Morgan fingerprint density at radius 1 is 1.50 bits per heavy atom. The number of aromatic nitrogens is 2. The van der Waals surface area contributed by atoms with Crippen LogP contribution in [0, 0.1) is 5.92 Å². The minimum atomic E-state index is 0.232. The van der Waals surface area contributed by atoms with Crippen LogP contribution in [0.3, 0.4) is 0 Å². The quantitative estimate of drug-likeness (QED) is 0.791. The second-order valence-electron chi connectivity index (χ2n) is 4.22. The van der Waals surface area contributed by atoms with Gasteiger partial charge < -0.3 is 5.73 Å². The summed E-state index contributed by atoms with van der Waals surface area (Å²) in [6.07, 6.45) is 1.91. The SMILES string of the molecule is CCc1cc(CC(N)C(C)C)n(C)n1. The van der Waals surface area contributed by atoms with Gasteiger partial charge in [0.25, 0.3) is 0 Å². The molecule has 0 amide bonds. The minimum absolute atomic E-state index is 0.232. The van der Waals surface area contributed by atoms with E-state index in [1.807, 2.05) is 11.7 Å². The zero-order chi connectivity index (χ0) is 10.7. The van der Waals surface area contributed by atoms with Gasteiger partial charge in [-0.25, -0.2) is 0 Å². The minimum Gasteiger partial charge on any atom is -0.327 e. The van der Waals surface area contributed by atoms with Crippen LogP contribution >= 0.6 is 0 Å². The van der Waals surface area contributed by atoms with Crippen LogP contribution in [0.15, 0.2) is 6.07 Å². The van der Waals surface area contributed by atoms with Crippen molar-refractivity contribution in [1.29, 1.82) is 0 Å². The van der Waals surface area contributed by atoms with Crippen LogP contribution in [0.2, 0.25) is 0 Å². The molecule has 0 spiro atoms. The van der Waals surface area contributed by atoms with E-state index in [0.29, 0.717) is 5.92 Å². The molecule has 1 heterocycles. The zero-order valence-electron chi connectivity index (χ0n) is 9.62. The fourth-order valence-electron chi connectivity index (χ4n) is 1.41. The van der Waals surface area contributed by atoms with Gasteiger partial charge in [0.2, 0.25) is 0 Å². The monoisotopic (exact) mass is 195 g/mol. The van der Waals surface area contributed by atoms with Gasteiger partial charge in [-0.15, -0.1) is 0 Å².